The zero-order valence-corrected chi connectivity index (χ0v) is 11.7. The maximum absolute atomic E-state index is 10.5. The molecule has 1 aromatic heterocycles. The molecule has 0 amide bonds. The number of piperazine rings is 1. The van der Waals surface area contributed by atoms with Crippen LogP contribution in [0.3, 0.4) is 0 Å². The highest BCUT2D eigenvalue weighted by Crippen LogP contribution is 2.24. The molecule has 1 N–H and O–H groups in total. The molecule has 0 aliphatic carbocycles. The van der Waals surface area contributed by atoms with Gasteiger partial charge in [0.15, 0.2) is 5.82 Å². The maximum Gasteiger partial charge on any atom is 0.281 e. The summed E-state index contributed by atoms with van der Waals surface area (Å²) in [4.78, 5) is 19.5. The fourth-order valence-electron chi connectivity index (χ4n) is 2.32. The first-order valence-corrected chi connectivity index (χ1v) is 6.83. The largest absolute Gasteiger partial charge is 0.380 e. The van der Waals surface area contributed by atoms with E-state index in [9.17, 15) is 4.79 Å². The lowest BCUT2D eigenvalue weighted by atomic mass is 9.93. The van der Waals surface area contributed by atoms with Gasteiger partial charge in [0.2, 0.25) is 0 Å². The van der Waals surface area contributed by atoms with Gasteiger partial charge < -0.3 is 19.8 Å². The van der Waals surface area contributed by atoms with E-state index in [-0.39, 0.29) is 0 Å². The predicted molar refractivity (Wildman–Crippen MR) is 80.7 cm³/mol. The van der Waals surface area contributed by atoms with Crippen molar-refractivity contribution in [2.45, 2.75) is 19.9 Å². The lowest BCUT2D eigenvalue weighted by Gasteiger charge is -2.35. The van der Waals surface area contributed by atoms with Crippen LogP contribution in [0.25, 0.3) is 0 Å². The van der Waals surface area contributed by atoms with E-state index < -0.39 is 0 Å². The van der Waals surface area contributed by atoms with Crippen molar-refractivity contribution in [3.05, 3.63) is 18.3 Å². The number of nitrogens with one attached hydrogen (secondary N) is 1. The first kappa shape index (κ1) is 13.9. The Morgan fingerprint density at radius 2 is 2.11 bits per heavy atom. The van der Waals surface area contributed by atoms with Crippen molar-refractivity contribution in [2.24, 2.45) is 0 Å². The molecule has 0 radical (unpaired) electrons. The van der Waals surface area contributed by atoms with Gasteiger partial charge in [-0.05, 0) is 26.0 Å². The van der Waals surface area contributed by atoms with Crippen LogP contribution in [0.1, 0.15) is 13.8 Å². The van der Waals surface area contributed by atoms with E-state index in [0.29, 0.717) is 13.5 Å². The summed E-state index contributed by atoms with van der Waals surface area (Å²) in [5.74, 6) is 1.02. The Labute approximate surface area is 115 Å². The van der Waals surface area contributed by atoms with E-state index in [1.54, 1.807) is 0 Å². The van der Waals surface area contributed by atoms with Gasteiger partial charge in [0.05, 0.1) is 11.9 Å². The van der Waals surface area contributed by atoms with Gasteiger partial charge in [-0.25, -0.2) is 4.98 Å². The van der Waals surface area contributed by atoms with Crippen molar-refractivity contribution in [3.8, 4) is 0 Å². The summed E-state index contributed by atoms with van der Waals surface area (Å²) in [6, 6.07) is 4.41. The van der Waals surface area contributed by atoms with Gasteiger partial charge in [0.1, 0.15) is 0 Å². The third kappa shape index (κ3) is 3.70. The van der Waals surface area contributed by atoms with E-state index in [0.717, 1.165) is 43.9 Å². The summed E-state index contributed by atoms with van der Waals surface area (Å²) in [7, 11) is 0.535. The van der Waals surface area contributed by atoms with Crippen LogP contribution < -0.4 is 10.2 Å². The molecule has 0 bridgehead atoms. The minimum absolute atomic E-state index is 0.388. The number of anilines is 2. The first-order valence-electron chi connectivity index (χ1n) is 6.83. The Balaban J connectivity index is 2.04. The zero-order valence-electron chi connectivity index (χ0n) is 11.7. The van der Waals surface area contributed by atoms with Crippen LogP contribution in [0.4, 0.5) is 11.5 Å². The van der Waals surface area contributed by atoms with Crippen molar-refractivity contribution in [1.82, 2.24) is 9.79 Å². The molecule has 19 heavy (non-hydrogen) atoms. The summed E-state index contributed by atoms with van der Waals surface area (Å²) in [6.45, 7) is 7.90. The van der Waals surface area contributed by atoms with Gasteiger partial charge in [-0.15, -0.1) is 0 Å². The minimum Gasteiger partial charge on any atom is -0.380 e. The normalized spacial score (nSPS) is 16.5. The Hall–Kier alpha value is -1.56. The van der Waals surface area contributed by atoms with Gasteiger partial charge in [0, 0.05) is 38.4 Å². The molecular formula is C13H21BN4O. The van der Waals surface area contributed by atoms with E-state index in [1.807, 2.05) is 12.3 Å². The molecular weight excluding hydrogens is 239 g/mol. The van der Waals surface area contributed by atoms with E-state index in [1.165, 1.54) is 0 Å². The second-order valence-electron chi connectivity index (χ2n) is 5.13. The van der Waals surface area contributed by atoms with Crippen molar-refractivity contribution in [3.63, 3.8) is 0 Å². The standard InChI is InChI=1S/C13H21BN4O/c1-11(2)16-12-4-3-5-15-13(12)17-6-8-18(9-7-17)14-10-19/h3-5,10-11,14,16H,6-9H2,1-2H3. The lowest BCUT2D eigenvalue weighted by Crippen LogP contribution is -2.48. The van der Waals surface area contributed by atoms with Crippen LogP contribution in [0, 0.1) is 0 Å². The molecule has 6 heteroatoms. The molecule has 1 fully saturated rings. The van der Waals surface area contributed by atoms with Crippen LogP contribution in [0.15, 0.2) is 18.3 Å². The number of rotatable bonds is 5. The van der Waals surface area contributed by atoms with Gasteiger partial charge in [-0.2, -0.15) is 0 Å². The minimum atomic E-state index is 0.388. The number of hydrogen-bond acceptors (Lipinski definition) is 5. The number of nitrogens with zero attached hydrogens (tertiary/aromatic N) is 3. The summed E-state index contributed by atoms with van der Waals surface area (Å²) in [5.41, 5.74) is 1.08. The highest BCUT2D eigenvalue weighted by Gasteiger charge is 2.20. The number of hydrogen-bond donors (Lipinski definition) is 1. The molecule has 0 saturated carbocycles. The number of pyridine rings is 1. The van der Waals surface area contributed by atoms with E-state index >= 15 is 0 Å². The Bertz CT molecular complexity index is 419. The van der Waals surface area contributed by atoms with Gasteiger partial charge in [-0.3, -0.25) is 0 Å². The van der Waals surface area contributed by atoms with Crippen molar-refractivity contribution in [1.29, 1.82) is 0 Å². The molecule has 1 aromatic rings. The topological polar surface area (TPSA) is 48.5 Å². The van der Waals surface area contributed by atoms with Gasteiger partial charge in [0.25, 0.3) is 7.41 Å². The third-order valence-electron chi connectivity index (χ3n) is 3.24. The molecule has 102 valence electrons. The predicted octanol–water partition coefficient (Wildman–Crippen LogP) is 0.566. The summed E-state index contributed by atoms with van der Waals surface area (Å²) >= 11 is 0. The third-order valence-corrected chi connectivity index (χ3v) is 3.24. The second kappa shape index (κ2) is 6.56. The number of carbonyl (C=O) groups is 1. The summed E-state index contributed by atoms with van der Waals surface area (Å²) in [6.07, 6.45) is 2.81. The van der Waals surface area contributed by atoms with Gasteiger partial charge in [-0.1, -0.05) is 0 Å². The highest BCUT2D eigenvalue weighted by atomic mass is 16.1. The van der Waals surface area contributed by atoms with Gasteiger partial charge >= 0.3 is 0 Å². The molecule has 0 aromatic carbocycles. The molecule has 2 heterocycles. The molecule has 1 aliphatic rings. The quantitative estimate of drug-likeness (QED) is 0.619. The Kier molecular flexibility index (Phi) is 4.79. The van der Waals surface area contributed by atoms with E-state index in [2.05, 4.69) is 39.9 Å². The first-order chi connectivity index (χ1) is 9.20. The monoisotopic (exact) mass is 260 g/mol. The average Bonchev–Trinajstić information content (AvgIpc) is 2.40. The molecule has 0 atom stereocenters. The molecule has 2 rings (SSSR count). The maximum atomic E-state index is 10.5. The van der Waals surface area contributed by atoms with Crippen molar-refractivity contribution < 1.29 is 4.79 Å². The van der Waals surface area contributed by atoms with Crippen LogP contribution in [-0.4, -0.2) is 55.6 Å². The number of aromatic nitrogens is 1. The Morgan fingerprint density at radius 3 is 2.74 bits per heavy atom. The van der Waals surface area contributed by atoms with E-state index in [4.69, 9.17) is 0 Å². The fraction of sp³-hybridized carbons (Fsp3) is 0.538. The second-order valence-corrected chi connectivity index (χ2v) is 5.13. The SMILES string of the molecule is CC(C)Nc1cccnc1N1CCN(BC=O)CC1. The zero-order chi connectivity index (χ0) is 13.7. The van der Waals surface area contributed by atoms with Crippen molar-refractivity contribution >= 4 is 25.1 Å². The van der Waals surface area contributed by atoms with Crippen LogP contribution in [-0.2, 0) is 4.79 Å². The van der Waals surface area contributed by atoms with Crippen LogP contribution >= 0.6 is 0 Å². The van der Waals surface area contributed by atoms with Crippen LogP contribution in [0.2, 0.25) is 0 Å². The smallest absolute Gasteiger partial charge is 0.281 e. The fourth-order valence-corrected chi connectivity index (χ4v) is 2.32. The lowest BCUT2D eigenvalue weighted by molar-refractivity contribution is 0.408. The average molecular weight is 260 g/mol. The summed E-state index contributed by atoms with van der Waals surface area (Å²) < 4.78 is 0. The highest BCUT2D eigenvalue weighted by molar-refractivity contribution is 6.64. The summed E-state index contributed by atoms with van der Waals surface area (Å²) in [5, 5.41) is 3.43. The molecule has 1 aliphatic heterocycles. The molecule has 0 unspecified atom stereocenters. The Morgan fingerprint density at radius 1 is 1.37 bits per heavy atom. The molecule has 1 saturated heterocycles. The van der Waals surface area contributed by atoms with Crippen molar-refractivity contribution in [2.75, 3.05) is 36.4 Å². The molecule has 5 nitrogen and oxygen atoms in total. The number of carbonyl (C=O) groups excluding carboxylic acids is 1. The molecule has 0 spiro atoms. The van der Waals surface area contributed by atoms with Crippen LogP contribution in [0.5, 0.6) is 0 Å².